The van der Waals surface area contributed by atoms with Gasteiger partial charge in [-0.25, -0.2) is 0 Å². The van der Waals surface area contributed by atoms with Gasteiger partial charge in [0.1, 0.15) is 0 Å². The molecule has 2 nitrogen and oxygen atoms in total. The molecule has 0 aliphatic carbocycles. The minimum absolute atomic E-state index is 2.31. The van der Waals surface area contributed by atoms with Gasteiger partial charge in [-0.3, -0.25) is 0 Å². The van der Waals surface area contributed by atoms with E-state index < -0.39 is 39.0 Å². The number of ether oxygens (including phenoxy) is 2. The van der Waals surface area contributed by atoms with Crippen LogP contribution in [0.2, 0.25) is 0 Å². The van der Waals surface area contributed by atoms with Crippen LogP contribution >= 0.6 is 0 Å². The minimum Gasteiger partial charge on any atom is -0.373 e. The Kier molecular flexibility index (Phi) is 0.294. The molecule has 1 unspecified atom stereocenters. The van der Waals surface area contributed by atoms with Gasteiger partial charge in [-0.05, 0) is 13.7 Å². The van der Waals surface area contributed by atoms with Crippen molar-refractivity contribution >= 4 is 0 Å². The van der Waals surface area contributed by atoms with Crippen molar-refractivity contribution in [1.29, 1.82) is 0 Å². The van der Waals surface area contributed by atoms with Gasteiger partial charge in [0.25, 0.3) is 0 Å². The van der Waals surface area contributed by atoms with Crippen molar-refractivity contribution in [2.75, 3.05) is 13.1 Å². The third kappa shape index (κ3) is 4.09. The van der Waals surface area contributed by atoms with Gasteiger partial charge in [0, 0.05) is 8.22 Å². The van der Waals surface area contributed by atoms with Crippen LogP contribution in [0.25, 0.3) is 0 Å². The van der Waals surface area contributed by atoms with E-state index in [2.05, 4.69) is 9.47 Å². The Morgan fingerprint density at radius 1 is 1.50 bits per heavy atom. The largest absolute Gasteiger partial charge is 0.373 e. The van der Waals surface area contributed by atoms with Crippen LogP contribution in [0.1, 0.15) is 30.2 Å². The maximum atomic E-state index is 6.94. The van der Waals surface area contributed by atoms with Crippen molar-refractivity contribution in [1.82, 2.24) is 0 Å². The highest BCUT2D eigenvalue weighted by molar-refractivity contribution is 4.58. The second-order valence-corrected chi connectivity index (χ2v) is 1.07. The van der Waals surface area contributed by atoms with E-state index in [-0.39, 0.29) is 0 Å². The topological polar surface area (TPSA) is 25.1 Å². The summed E-state index contributed by atoms with van der Waals surface area (Å²) in [5.41, 5.74) is 0. The minimum atomic E-state index is -2.70. The zero-order chi connectivity index (χ0) is 16.4. The first-order chi connectivity index (χ1) is 8.41. The van der Waals surface area contributed by atoms with Crippen LogP contribution in [0.5, 0.6) is 0 Å². The van der Waals surface area contributed by atoms with E-state index in [0.717, 1.165) is 0 Å². The van der Waals surface area contributed by atoms with Crippen molar-refractivity contribution in [3.8, 4) is 0 Å². The molecule has 0 saturated carbocycles. The Bertz CT molecular complexity index is 360. The smallest absolute Gasteiger partial charge is 0.0781 e. The Balaban J connectivity index is 0.000000200. The van der Waals surface area contributed by atoms with Crippen LogP contribution < -0.4 is 0 Å². The molecule has 0 aromatic carbocycles. The molecule has 0 N–H and O–H groups in total. The van der Waals surface area contributed by atoms with Crippen molar-refractivity contribution in [2.24, 2.45) is 0 Å². The molecule has 8 heavy (non-hydrogen) atoms. The van der Waals surface area contributed by atoms with E-state index >= 15 is 0 Å². The summed E-state index contributed by atoms with van der Waals surface area (Å²) in [4.78, 5) is 0. The zero-order valence-corrected chi connectivity index (χ0v) is 3.82. The zero-order valence-electron chi connectivity index (χ0n) is 15.8. The molecule has 0 radical (unpaired) electrons. The molecule has 0 aromatic rings. The Morgan fingerprint density at radius 2 is 1.88 bits per heavy atom. The normalized spacial score (nSPS) is 96.0. The molecule has 2 heteroatoms. The first-order valence-electron chi connectivity index (χ1n) is 7.82. The SMILES string of the molecule is [2H]C([2H])([2H])C1([2H])OC1([2H])[2H].[2H]C([2H])([2H])[C@]1([2H])OC1([2H])[2H]. The standard InChI is InChI=1S/2C3H6O/c2*1-3-2-4-3/h2*3H,2H2,1H3/t3-;/m0./s1/i2*1D3,2D2,3D. The van der Waals surface area contributed by atoms with Gasteiger partial charge in [-0.2, -0.15) is 0 Å². The van der Waals surface area contributed by atoms with Gasteiger partial charge in [0.05, 0.1) is 33.5 Å². The summed E-state index contributed by atoms with van der Waals surface area (Å²) in [6.45, 7) is -10.0. The Morgan fingerprint density at radius 3 is 1.88 bits per heavy atom. The molecule has 2 aliphatic heterocycles. The second kappa shape index (κ2) is 2.46. The van der Waals surface area contributed by atoms with Crippen molar-refractivity contribution < 1.29 is 25.9 Å². The summed E-state index contributed by atoms with van der Waals surface area (Å²) in [6.07, 6.45) is -4.67. The summed E-state index contributed by atoms with van der Waals surface area (Å²) in [6, 6.07) is 0. The lowest BCUT2D eigenvalue weighted by atomic mass is 10.6. The molecule has 0 aromatic heterocycles. The molecule has 2 saturated heterocycles. The van der Waals surface area contributed by atoms with E-state index in [1.54, 1.807) is 0 Å². The third-order valence-electron chi connectivity index (χ3n) is 0.408. The highest BCUT2D eigenvalue weighted by atomic mass is 16.6. The number of hydrogen-bond acceptors (Lipinski definition) is 2. The molecular formula is C6H12O2. The van der Waals surface area contributed by atoms with Gasteiger partial charge in [-0.15, -0.1) is 0 Å². The highest BCUT2D eigenvalue weighted by Crippen LogP contribution is 2.04. The van der Waals surface area contributed by atoms with Crippen LogP contribution in [0, 0.1) is 0 Å². The van der Waals surface area contributed by atoms with Gasteiger partial charge in [0.15, 0.2) is 0 Å². The molecule has 2 heterocycles. The molecule has 2 fully saturated rings. The molecule has 2 rings (SSSR count). The summed E-state index contributed by atoms with van der Waals surface area (Å²) >= 11 is 0. The van der Waals surface area contributed by atoms with E-state index in [1.165, 1.54) is 0 Å². The van der Waals surface area contributed by atoms with Crippen molar-refractivity contribution in [3.63, 3.8) is 0 Å². The number of rotatable bonds is 0. The fourth-order valence-corrected chi connectivity index (χ4v) is 0.0510. The van der Waals surface area contributed by atoms with E-state index in [9.17, 15) is 0 Å². The summed E-state index contributed by atoms with van der Waals surface area (Å²) < 4.78 is 89.2. The van der Waals surface area contributed by atoms with E-state index in [1.807, 2.05) is 0 Å². The molecule has 48 valence electrons. The average molecular weight is 128 g/mol. The predicted molar refractivity (Wildman–Crippen MR) is 30.8 cm³/mol. The fraction of sp³-hybridized carbons (Fsp3) is 1.00. The summed E-state index contributed by atoms with van der Waals surface area (Å²) in [5, 5.41) is 0. The van der Waals surface area contributed by atoms with Crippen molar-refractivity contribution in [3.05, 3.63) is 0 Å². The van der Waals surface area contributed by atoms with Crippen molar-refractivity contribution in [2.45, 2.75) is 25.9 Å². The Labute approximate surface area is 66.6 Å². The van der Waals surface area contributed by atoms with Crippen LogP contribution in [-0.2, 0) is 9.47 Å². The lowest BCUT2D eigenvalue weighted by Gasteiger charge is -1.51. The lowest BCUT2D eigenvalue weighted by molar-refractivity contribution is 0.423. The fourth-order valence-electron chi connectivity index (χ4n) is 0.0510. The summed E-state index contributed by atoms with van der Waals surface area (Å²) in [7, 11) is 0. The van der Waals surface area contributed by atoms with E-state index in [0.29, 0.717) is 0 Å². The van der Waals surface area contributed by atoms with Gasteiger partial charge in [-0.1, -0.05) is 0 Å². The molecular weight excluding hydrogens is 104 g/mol. The monoisotopic (exact) mass is 128 g/mol. The molecule has 0 spiro atoms. The first kappa shape index (κ1) is 0.956. The van der Waals surface area contributed by atoms with Crippen LogP contribution in [0.4, 0.5) is 0 Å². The highest BCUT2D eigenvalue weighted by Gasteiger charge is 2.13. The van der Waals surface area contributed by atoms with Gasteiger partial charge < -0.3 is 9.47 Å². The van der Waals surface area contributed by atoms with Gasteiger partial charge >= 0.3 is 0 Å². The Hall–Kier alpha value is -0.0800. The second-order valence-electron chi connectivity index (χ2n) is 1.07. The van der Waals surface area contributed by atoms with Crippen LogP contribution in [0.15, 0.2) is 0 Å². The maximum Gasteiger partial charge on any atom is 0.0781 e. The number of epoxide rings is 2. The molecule has 2 aliphatic rings. The quantitative estimate of drug-likeness (QED) is 0.451. The average Bonchev–Trinajstić information content (AvgIpc) is 2.83. The maximum absolute atomic E-state index is 6.94. The number of hydrogen-bond donors (Lipinski definition) is 0. The van der Waals surface area contributed by atoms with Crippen LogP contribution in [-0.4, -0.2) is 25.3 Å². The summed E-state index contributed by atoms with van der Waals surface area (Å²) in [5.74, 6) is 0. The molecule has 0 amide bonds. The third-order valence-corrected chi connectivity index (χ3v) is 0.408. The lowest BCUT2D eigenvalue weighted by Crippen LogP contribution is -1.60. The molecule has 2 atom stereocenters. The first-order valence-corrected chi connectivity index (χ1v) is 1.82. The van der Waals surface area contributed by atoms with E-state index in [4.69, 9.17) is 16.4 Å². The molecule has 0 bridgehead atoms. The van der Waals surface area contributed by atoms with Crippen LogP contribution in [0.3, 0.4) is 0 Å². The van der Waals surface area contributed by atoms with Gasteiger partial charge in [0.2, 0.25) is 0 Å². The predicted octanol–water partition coefficient (Wildman–Crippen LogP) is 0.810.